The number of hydrogen-bond acceptors (Lipinski definition) is 2. The fourth-order valence-corrected chi connectivity index (χ4v) is 2.88. The fraction of sp³-hybridized carbons (Fsp3) is 0.438. The van der Waals surface area contributed by atoms with E-state index in [0.717, 1.165) is 30.3 Å². The van der Waals surface area contributed by atoms with Crippen LogP contribution >= 0.6 is 0 Å². The number of allylic oxidation sites excluding steroid dienone is 1. The molecule has 1 saturated carbocycles. The smallest absolute Gasteiger partial charge is 0.106 e. The van der Waals surface area contributed by atoms with E-state index < -0.39 is 0 Å². The molecule has 0 unspecified atom stereocenters. The molecule has 0 radical (unpaired) electrons. The Kier molecular flexibility index (Phi) is 3.38. The lowest BCUT2D eigenvalue weighted by molar-refractivity contribution is 0.266. The predicted molar refractivity (Wildman–Crippen MR) is 79.2 cm³/mol. The minimum Gasteiger partial charge on any atom is -0.327 e. The molecule has 0 bridgehead atoms. The maximum absolute atomic E-state index is 4.59. The lowest BCUT2D eigenvalue weighted by Gasteiger charge is -2.34. The summed E-state index contributed by atoms with van der Waals surface area (Å²) in [5.74, 6) is 1.83. The molecule has 100 valence electrons. The van der Waals surface area contributed by atoms with Crippen LogP contribution in [0.1, 0.15) is 18.7 Å². The van der Waals surface area contributed by atoms with Crippen molar-refractivity contribution >= 4 is 11.0 Å². The van der Waals surface area contributed by atoms with Gasteiger partial charge >= 0.3 is 0 Å². The Labute approximate surface area is 114 Å². The highest BCUT2D eigenvalue weighted by Gasteiger charge is 2.25. The second kappa shape index (κ2) is 5.17. The van der Waals surface area contributed by atoms with Crippen LogP contribution in [0.25, 0.3) is 11.0 Å². The van der Waals surface area contributed by atoms with Crippen LogP contribution in [0.5, 0.6) is 0 Å². The van der Waals surface area contributed by atoms with Crippen molar-refractivity contribution in [2.45, 2.75) is 32.4 Å². The Morgan fingerprint density at radius 1 is 1.42 bits per heavy atom. The number of aromatic nitrogens is 2. The van der Waals surface area contributed by atoms with Crippen molar-refractivity contribution in [2.24, 2.45) is 5.92 Å². The third kappa shape index (κ3) is 2.43. The Morgan fingerprint density at radius 2 is 2.21 bits per heavy atom. The molecule has 1 fully saturated rings. The van der Waals surface area contributed by atoms with Crippen molar-refractivity contribution in [3.63, 3.8) is 0 Å². The summed E-state index contributed by atoms with van der Waals surface area (Å²) in [6, 6.07) is 9.02. The van der Waals surface area contributed by atoms with Crippen molar-refractivity contribution in [2.75, 3.05) is 6.54 Å². The lowest BCUT2D eigenvalue weighted by Crippen LogP contribution is -2.41. The van der Waals surface area contributed by atoms with Gasteiger partial charge in [-0.05, 0) is 37.8 Å². The molecule has 1 heterocycles. The lowest BCUT2D eigenvalue weighted by atomic mass is 9.80. The van der Waals surface area contributed by atoms with Gasteiger partial charge in [-0.2, -0.15) is 0 Å². The van der Waals surface area contributed by atoms with E-state index in [1.54, 1.807) is 0 Å². The molecule has 0 aliphatic heterocycles. The molecular formula is C16H21N3. The van der Waals surface area contributed by atoms with Gasteiger partial charge in [0.1, 0.15) is 5.82 Å². The SMILES string of the molecule is C=CC1CC(NCCn2c(C)nc3ccccc32)C1. The topological polar surface area (TPSA) is 29.9 Å². The Bertz CT molecular complexity index is 579. The molecule has 1 aromatic heterocycles. The van der Waals surface area contributed by atoms with E-state index in [1.165, 1.54) is 18.4 Å². The Balaban J connectivity index is 1.60. The van der Waals surface area contributed by atoms with E-state index in [4.69, 9.17) is 0 Å². The average Bonchev–Trinajstić information content (AvgIpc) is 2.68. The number of para-hydroxylation sites is 2. The third-order valence-electron chi connectivity index (χ3n) is 4.12. The highest BCUT2D eigenvalue weighted by molar-refractivity contribution is 5.75. The molecule has 1 N–H and O–H groups in total. The van der Waals surface area contributed by atoms with E-state index in [1.807, 2.05) is 6.07 Å². The molecule has 0 spiro atoms. The van der Waals surface area contributed by atoms with Gasteiger partial charge in [0.25, 0.3) is 0 Å². The molecule has 19 heavy (non-hydrogen) atoms. The molecular weight excluding hydrogens is 234 g/mol. The van der Waals surface area contributed by atoms with Crippen molar-refractivity contribution < 1.29 is 0 Å². The Morgan fingerprint density at radius 3 is 3.00 bits per heavy atom. The van der Waals surface area contributed by atoms with Gasteiger partial charge in [-0.1, -0.05) is 18.2 Å². The van der Waals surface area contributed by atoms with Crippen LogP contribution in [0.15, 0.2) is 36.9 Å². The maximum atomic E-state index is 4.59. The summed E-state index contributed by atoms with van der Waals surface area (Å²) in [5, 5.41) is 3.62. The van der Waals surface area contributed by atoms with E-state index in [9.17, 15) is 0 Å². The van der Waals surface area contributed by atoms with Crippen LogP contribution in [0, 0.1) is 12.8 Å². The van der Waals surface area contributed by atoms with Gasteiger partial charge in [0.2, 0.25) is 0 Å². The van der Waals surface area contributed by atoms with Gasteiger partial charge in [0, 0.05) is 19.1 Å². The first-order valence-electron chi connectivity index (χ1n) is 7.05. The van der Waals surface area contributed by atoms with Crippen LogP contribution in [0.4, 0.5) is 0 Å². The van der Waals surface area contributed by atoms with Gasteiger partial charge in [0.05, 0.1) is 11.0 Å². The molecule has 1 aromatic carbocycles. The van der Waals surface area contributed by atoms with Crippen molar-refractivity contribution in [1.29, 1.82) is 0 Å². The second-order valence-corrected chi connectivity index (χ2v) is 5.42. The Hall–Kier alpha value is -1.61. The van der Waals surface area contributed by atoms with Crippen LogP contribution in [0.3, 0.4) is 0 Å². The zero-order chi connectivity index (χ0) is 13.2. The monoisotopic (exact) mass is 255 g/mol. The first-order valence-corrected chi connectivity index (χ1v) is 7.05. The highest BCUT2D eigenvalue weighted by Crippen LogP contribution is 2.27. The predicted octanol–water partition coefficient (Wildman–Crippen LogP) is 2.90. The molecule has 3 heteroatoms. The van der Waals surface area contributed by atoms with E-state index >= 15 is 0 Å². The first kappa shape index (κ1) is 12.4. The molecule has 0 atom stereocenters. The van der Waals surface area contributed by atoms with Gasteiger partial charge in [-0.15, -0.1) is 6.58 Å². The van der Waals surface area contributed by atoms with Crippen molar-refractivity contribution in [3.8, 4) is 0 Å². The van der Waals surface area contributed by atoms with Crippen LogP contribution < -0.4 is 5.32 Å². The van der Waals surface area contributed by atoms with Gasteiger partial charge in [0.15, 0.2) is 0 Å². The quantitative estimate of drug-likeness (QED) is 0.833. The minimum absolute atomic E-state index is 0.679. The fourth-order valence-electron chi connectivity index (χ4n) is 2.88. The number of nitrogens with zero attached hydrogens (tertiary/aromatic N) is 2. The number of aryl methyl sites for hydroxylation is 1. The van der Waals surface area contributed by atoms with E-state index in [0.29, 0.717) is 6.04 Å². The number of rotatable bonds is 5. The first-order chi connectivity index (χ1) is 9.28. The van der Waals surface area contributed by atoms with E-state index in [-0.39, 0.29) is 0 Å². The summed E-state index contributed by atoms with van der Waals surface area (Å²) < 4.78 is 2.30. The van der Waals surface area contributed by atoms with Gasteiger partial charge < -0.3 is 9.88 Å². The normalized spacial score (nSPS) is 22.4. The highest BCUT2D eigenvalue weighted by atomic mass is 15.1. The van der Waals surface area contributed by atoms with Crippen LogP contribution in [0.2, 0.25) is 0 Å². The van der Waals surface area contributed by atoms with Gasteiger partial charge in [-0.3, -0.25) is 0 Å². The number of benzene rings is 1. The number of hydrogen-bond donors (Lipinski definition) is 1. The minimum atomic E-state index is 0.679. The molecule has 0 saturated heterocycles. The summed E-state index contributed by atoms with van der Waals surface area (Å²) in [6.45, 7) is 7.92. The van der Waals surface area contributed by atoms with Gasteiger partial charge in [-0.25, -0.2) is 4.98 Å². The third-order valence-corrected chi connectivity index (χ3v) is 4.12. The van der Waals surface area contributed by atoms with E-state index in [2.05, 4.69) is 52.6 Å². The number of fused-ring (bicyclic) bond motifs is 1. The summed E-state index contributed by atoms with van der Waals surface area (Å²) >= 11 is 0. The molecule has 3 rings (SSSR count). The summed E-state index contributed by atoms with van der Waals surface area (Å²) in [7, 11) is 0. The summed E-state index contributed by atoms with van der Waals surface area (Å²) in [4.78, 5) is 4.59. The second-order valence-electron chi connectivity index (χ2n) is 5.42. The molecule has 2 aromatic rings. The zero-order valence-electron chi connectivity index (χ0n) is 11.5. The van der Waals surface area contributed by atoms with Crippen LogP contribution in [-0.2, 0) is 6.54 Å². The number of nitrogens with one attached hydrogen (secondary N) is 1. The summed E-state index contributed by atoms with van der Waals surface area (Å²) in [5.41, 5.74) is 2.33. The zero-order valence-corrected chi connectivity index (χ0v) is 11.5. The van der Waals surface area contributed by atoms with Crippen molar-refractivity contribution in [1.82, 2.24) is 14.9 Å². The summed E-state index contributed by atoms with van der Waals surface area (Å²) in [6.07, 6.45) is 4.56. The maximum Gasteiger partial charge on any atom is 0.106 e. The molecule has 0 amide bonds. The largest absolute Gasteiger partial charge is 0.327 e. The standard InChI is InChI=1S/C16H21N3/c1-3-13-10-14(11-13)17-8-9-19-12(2)18-15-6-4-5-7-16(15)19/h3-7,13-14,17H,1,8-11H2,2H3. The molecule has 1 aliphatic rings. The average molecular weight is 255 g/mol. The molecule has 1 aliphatic carbocycles. The van der Waals surface area contributed by atoms with Crippen molar-refractivity contribution in [3.05, 3.63) is 42.7 Å². The van der Waals surface area contributed by atoms with Crippen LogP contribution in [-0.4, -0.2) is 22.1 Å². The number of imidazole rings is 1. The molecule has 3 nitrogen and oxygen atoms in total.